The van der Waals surface area contributed by atoms with E-state index >= 15 is 0 Å². The number of benzene rings is 1. The lowest BCUT2D eigenvalue weighted by Crippen LogP contribution is -1.93. The maximum atomic E-state index is 5.69. The van der Waals surface area contributed by atoms with Crippen LogP contribution in [0.1, 0.15) is 0 Å². The van der Waals surface area contributed by atoms with Crippen LogP contribution < -0.4 is 5.73 Å². The van der Waals surface area contributed by atoms with Crippen molar-refractivity contribution in [3.05, 3.63) is 36.5 Å². The summed E-state index contributed by atoms with van der Waals surface area (Å²) in [6, 6.07) is 9.75. The van der Waals surface area contributed by atoms with Crippen LogP contribution in [0.4, 0.5) is 5.69 Å². The highest BCUT2D eigenvalue weighted by Gasteiger charge is 2.01. The fourth-order valence-electron chi connectivity index (χ4n) is 1.36. The van der Waals surface area contributed by atoms with Crippen molar-refractivity contribution in [2.75, 3.05) is 11.6 Å². The topological polar surface area (TPSA) is 43.8 Å². The van der Waals surface area contributed by atoms with Crippen LogP contribution >= 0.6 is 15.9 Å². The molecule has 2 aromatic rings. The zero-order valence-corrected chi connectivity index (χ0v) is 10.4. The Balaban J connectivity index is 0.000000531. The number of hydrogen-bond acceptors (Lipinski definition) is 2. The lowest BCUT2D eigenvalue weighted by atomic mass is 10.1. The fourth-order valence-corrected chi connectivity index (χ4v) is 1.36. The van der Waals surface area contributed by atoms with E-state index in [1.165, 1.54) is 0 Å². The van der Waals surface area contributed by atoms with Gasteiger partial charge in [0.15, 0.2) is 0 Å². The summed E-state index contributed by atoms with van der Waals surface area (Å²) in [5, 5.41) is 4.10. The van der Waals surface area contributed by atoms with Gasteiger partial charge in [0.25, 0.3) is 0 Å². The molecule has 3 nitrogen and oxygen atoms in total. The van der Waals surface area contributed by atoms with E-state index in [0.29, 0.717) is 0 Å². The third kappa shape index (κ3) is 2.83. The standard InChI is InChI=1S/C10H11N3.CH3Br/c1-13-10(5-6-12-13)8-3-2-4-9(11)7-8;1-2/h2-7H,11H2,1H3;1H3. The first-order chi connectivity index (χ1) is 7.27. The number of aromatic nitrogens is 2. The average molecular weight is 268 g/mol. The normalized spacial score (nSPS) is 9.27. The Morgan fingerprint density at radius 3 is 2.53 bits per heavy atom. The summed E-state index contributed by atoms with van der Waals surface area (Å²) >= 11 is 2.94. The molecule has 0 aliphatic rings. The maximum absolute atomic E-state index is 5.69. The Labute approximate surface area is 98.0 Å². The van der Waals surface area contributed by atoms with Crippen LogP contribution in [0.25, 0.3) is 11.3 Å². The van der Waals surface area contributed by atoms with E-state index in [1.54, 1.807) is 6.20 Å². The number of hydrogen-bond donors (Lipinski definition) is 1. The van der Waals surface area contributed by atoms with Crippen molar-refractivity contribution in [2.45, 2.75) is 0 Å². The zero-order valence-electron chi connectivity index (χ0n) is 8.81. The molecule has 80 valence electrons. The van der Waals surface area contributed by atoms with Crippen LogP contribution in [0.5, 0.6) is 0 Å². The third-order valence-electron chi connectivity index (χ3n) is 2.00. The highest BCUT2D eigenvalue weighted by molar-refractivity contribution is 9.08. The molecule has 0 aliphatic heterocycles. The molecule has 15 heavy (non-hydrogen) atoms. The second kappa shape index (κ2) is 5.56. The lowest BCUT2D eigenvalue weighted by molar-refractivity contribution is 0.776. The zero-order chi connectivity index (χ0) is 11.3. The predicted octanol–water partition coefficient (Wildman–Crippen LogP) is 2.68. The van der Waals surface area contributed by atoms with Gasteiger partial charge in [0.1, 0.15) is 0 Å². The first-order valence-corrected chi connectivity index (χ1v) is 6.08. The van der Waals surface area contributed by atoms with Crippen LogP contribution in [0, 0.1) is 0 Å². The number of alkyl halides is 1. The number of nitrogens with two attached hydrogens (primary N) is 1. The van der Waals surface area contributed by atoms with Gasteiger partial charge in [-0.25, -0.2) is 0 Å². The molecule has 0 fully saturated rings. The predicted molar refractivity (Wildman–Crippen MR) is 67.9 cm³/mol. The van der Waals surface area contributed by atoms with Crippen LogP contribution in [0.3, 0.4) is 0 Å². The van der Waals surface area contributed by atoms with Crippen molar-refractivity contribution in [3.63, 3.8) is 0 Å². The molecule has 0 saturated carbocycles. The number of halogens is 1. The Bertz CT molecular complexity index is 423. The molecule has 0 saturated heterocycles. The first-order valence-electron chi connectivity index (χ1n) is 4.49. The summed E-state index contributed by atoms with van der Waals surface area (Å²) < 4.78 is 1.83. The second-order valence-corrected chi connectivity index (χ2v) is 2.97. The molecule has 4 heteroatoms. The number of anilines is 1. The van der Waals surface area contributed by atoms with Gasteiger partial charge in [0, 0.05) is 24.5 Å². The average Bonchev–Trinajstić information content (AvgIpc) is 2.67. The molecule has 2 rings (SSSR count). The quantitative estimate of drug-likeness (QED) is 0.638. The molecule has 0 unspecified atom stereocenters. The molecule has 0 radical (unpaired) electrons. The third-order valence-corrected chi connectivity index (χ3v) is 2.00. The summed E-state index contributed by atoms with van der Waals surface area (Å²) in [7, 11) is 1.92. The number of nitrogens with zero attached hydrogens (tertiary/aromatic N) is 2. The van der Waals surface area contributed by atoms with E-state index in [4.69, 9.17) is 5.73 Å². The van der Waals surface area contributed by atoms with Crippen LogP contribution in [0.2, 0.25) is 0 Å². The smallest absolute Gasteiger partial charge is 0.0679 e. The van der Waals surface area contributed by atoms with Gasteiger partial charge in [-0.3, -0.25) is 4.68 Å². The van der Waals surface area contributed by atoms with Gasteiger partial charge < -0.3 is 5.73 Å². The summed E-state index contributed by atoms with van der Waals surface area (Å²) in [6.07, 6.45) is 1.78. The van der Waals surface area contributed by atoms with Gasteiger partial charge in [-0.05, 0) is 24.0 Å². The Kier molecular flexibility index (Phi) is 4.37. The van der Waals surface area contributed by atoms with E-state index < -0.39 is 0 Å². The van der Waals surface area contributed by atoms with Crippen molar-refractivity contribution >= 4 is 21.6 Å². The fraction of sp³-hybridized carbons (Fsp3) is 0.182. The molecule has 0 aliphatic carbocycles. The molecule has 0 spiro atoms. The molecule has 1 heterocycles. The van der Waals surface area contributed by atoms with Gasteiger partial charge in [0.05, 0.1) is 5.69 Å². The van der Waals surface area contributed by atoms with Crippen molar-refractivity contribution in [2.24, 2.45) is 7.05 Å². The van der Waals surface area contributed by atoms with Crippen molar-refractivity contribution in [1.29, 1.82) is 0 Å². The van der Waals surface area contributed by atoms with Gasteiger partial charge in [-0.15, -0.1) is 0 Å². The Morgan fingerprint density at radius 2 is 2.00 bits per heavy atom. The van der Waals surface area contributed by atoms with E-state index in [2.05, 4.69) is 21.0 Å². The first kappa shape index (κ1) is 11.8. The summed E-state index contributed by atoms with van der Waals surface area (Å²) in [5.74, 6) is 1.81. The van der Waals surface area contributed by atoms with Gasteiger partial charge in [0.2, 0.25) is 0 Å². The van der Waals surface area contributed by atoms with Gasteiger partial charge in [-0.1, -0.05) is 28.1 Å². The SMILES string of the molecule is CBr.Cn1nccc1-c1cccc(N)c1. The minimum atomic E-state index is 0.777. The van der Waals surface area contributed by atoms with E-state index in [9.17, 15) is 0 Å². The molecule has 2 N–H and O–H groups in total. The van der Waals surface area contributed by atoms with Crippen molar-refractivity contribution in [3.8, 4) is 11.3 Å². The molecule has 0 amide bonds. The monoisotopic (exact) mass is 267 g/mol. The summed E-state index contributed by atoms with van der Waals surface area (Å²) in [6.45, 7) is 0. The molecule has 1 aromatic heterocycles. The summed E-state index contributed by atoms with van der Waals surface area (Å²) in [4.78, 5) is 0. The lowest BCUT2D eigenvalue weighted by Gasteiger charge is -2.02. The number of rotatable bonds is 1. The molecular formula is C11H14BrN3. The van der Waals surface area contributed by atoms with Crippen LogP contribution in [0.15, 0.2) is 36.5 Å². The Morgan fingerprint density at radius 1 is 1.27 bits per heavy atom. The molecule has 0 bridgehead atoms. The Hall–Kier alpha value is -1.29. The van der Waals surface area contributed by atoms with E-state index in [0.717, 1.165) is 16.9 Å². The van der Waals surface area contributed by atoms with Crippen molar-refractivity contribution < 1.29 is 0 Å². The van der Waals surface area contributed by atoms with Crippen molar-refractivity contribution in [1.82, 2.24) is 9.78 Å². The molecule has 1 aromatic carbocycles. The van der Waals surface area contributed by atoms with E-state index in [-0.39, 0.29) is 0 Å². The highest BCUT2D eigenvalue weighted by atomic mass is 79.9. The van der Waals surface area contributed by atoms with Crippen LogP contribution in [-0.4, -0.2) is 15.6 Å². The van der Waals surface area contributed by atoms with Crippen LogP contribution in [-0.2, 0) is 7.05 Å². The minimum Gasteiger partial charge on any atom is -0.399 e. The number of aryl methyl sites for hydroxylation is 1. The van der Waals surface area contributed by atoms with Gasteiger partial charge in [-0.2, -0.15) is 5.10 Å². The van der Waals surface area contributed by atoms with E-state index in [1.807, 2.05) is 47.9 Å². The molecular weight excluding hydrogens is 254 g/mol. The highest BCUT2D eigenvalue weighted by Crippen LogP contribution is 2.19. The second-order valence-electron chi connectivity index (χ2n) is 2.97. The number of nitrogen functional groups attached to an aromatic ring is 1. The molecule has 0 atom stereocenters. The maximum Gasteiger partial charge on any atom is 0.0679 e. The largest absolute Gasteiger partial charge is 0.399 e. The summed E-state index contributed by atoms with van der Waals surface area (Å²) in [5.41, 5.74) is 8.64. The minimum absolute atomic E-state index is 0.777. The van der Waals surface area contributed by atoms with Gasteiger partial charge >= 0.3 is 0 Å².